The Morgan fingerprint density at radius 3 is 2.08 bits per heavy atom. The highest BCUT2D eigenvalue weighted by molar-refractivity contribution is 6.34. The number of nitrogens with one attached hydrogen (secondary N) is 2. The molecule has 70 valence electrons. The molecule has 0 saturated carbocycles. The second-order valence-corrected chi connectivity index (χ2v) is 2.46. The summed E-state index contributed by atoms with van der Waals surface area (Å²) in [6.07, 6.45) is 1.61. The van der Waals surface area contributed by atoms with Gasteiger partial charge in [-0.05, 0) is 12.8 Å². The van der Waals surface area contributed by atoms with Crippen molar-refractivity contribution in [2.24, 2.45) is 5.84 Å². The van der Waals surface area contributed by atoms with Crippen LogP contribution in [-0.2, 0) is 9.59 Å². The van der Waals surface area contributed by atoms with Gasteiger partial charge in [0.1, 0.15) is 0 Å². The molecule has 0 spiro atoms. The van der Waals surface area contributed by atoms with E-state index >= 15 is 0 Å². The molecule has 0 atom stereocenters. The number of rotatable bonds is 3. The molecule has 0 fully saturated rings. The van der Waals surface area contributed by atoms with Gasteiger partial charge >= 0.3 is 11.8 Å². The third-order valence-corrected chi connectivity index (χ3v) is 1.66. The third-order valence-electron chi connectivity index (χ3n) is 1.66. The number of carbonyl (C=O) groups excluding carboxylic acids is 2. The largest absolute Gasteiger partial charge is 0.345 e. The van der Waals surface area contributed by atoms with Gasteiger partial charge in [0.15, 0.2) is 0 Å². The number of hydrogen-bond acceptors (Lipinski definition) is 3. The molecule has 0 aromatic carbocycles. The van der Waals surface area contributed by atoms with Crippen molar-refractivity contribution in [1.82, 2.24) is 10.7 Å². The lowest BCUT2D eigenvalue weighted by Gasteiger charge is -2.13. The van der Waals surface area contributed by atoms with E-state index in [0.717, 1.165) is 12.8 Å². The minimum Gasteiger partial charge on any atom is -0.345 e. The zero-order valence-corrected chi connectivity index (χ0v) is 7.39. The Kier molecular flexibility index (Phi) is 5.03. The molecule has 0 aliphatic carbocycles. The fourth-order valence-electron chi connectivity index (χ4n) is 0.809. The van der Waals surface area contributed by atoms with Crippen LogP contribution in [0, 0.1) is 0 Å². The molecule has 2 amide bonds. The minimum absolute atomic E-state index is 0.0507. The van der Waals surface area contributed by atoms with Crippen molar-refractivity contribution < 1.29 is 9.59 Å². The SMILES string of the molecule is CCC(CC)NC(=O)C(=O)NN. The summed E-state index contributed by atoms with van der Waals surface area (Å²) in [5, 5.41) is 2.54. The molecule has 0 aromatic rings. The fourth-order valence-corrected chi connectivity index (χ4v) is 0.809. The predicted octanol–water partition coefficient (Wildman–Crippen LogP) is -0.719. The van der Waals surface area contributed by atoms with Crippen molar-refractivity contribution in [2.75, 3.05) is 0 Å². The monoisotopic (exact) mass is 173 g/mol. The summed E-state index contributed by atoms with van der Waals surface area (Å²) in [6, 6.07) is 0.0507. The highest BCUT2D eigenvalue weighted by atomic mass is 16.2. The van der Waals surface area contributed by atoms with Gasteiger partial charge in [-0.1, -0.05) is 13.8 Å². The first-order valence-corrected chi connectivity index (χ1v) is 3.97. The first kappa shape index (κ1) is 10.9. The van der Waals surface area contributed by atoms with Gasteiger partial charge in [-0.2, -0.15) is 0 Å². The highest BCUT2D eigenvalue weighted by Crippen LogP contribution is 1.94. The Balaban J connectivity index is 3.89. The number of carbonyl (C=O) groups is 2. The van der Waals surface area contributed by atoms with Crippen LogP contribution in [0.3, 0.4) is 0 Å². The first-order chi connectivity index (χ1) is 5.65. The van der Waals surface area contributed by atoms with Gasteiger partial charge in [0.25, 0.3) is 0 Å². The van der Waals surface area contributed by atoms with Crippen LogP contribution in [0.15, 0.2) is 0 Å². The molecule has 12 heavy (non-hydrogen) atoms. The fraction of sp³-hybridized carbons (Fsp3) is 0.714. The quantitative estimate of drug-likeness (QED) is 0.228. The number of nitrogens with two attached hydrogens (primary N) is 1. The summed E-state index contributed by atoms with van der Waals surface area (Å²) in [4.78, 5) is 21.5. The highest BCUT2D eigenvalue weighted by Gasteiger charge is 2.14. The van der Waals surface area contributed by atoms with E-state index < -0.39 is 11.8 Å². The van der Waals surface area contributed by atoms with Gasteiger partial charge in [-0.15, -0.1) is 0 Å². The van der Waals surface area contributed by atoms with Crippen LogP contribution in [0.2, 0.25) is 0 Å². The lowest BCUT2D eigenvalue weighted by molar-refractivity contribution is -0.139. The summed E-state index contributed by atoms with van der Waals surface area (Å²) < 4.78 is 0. The average molecular weight is 173 g/mol. The van der Waals surface area contributed by atoms with Crippen LogP contribution in [0.5, 0.6) is 0 Å². The van der Waals surface area contributed by atoms with E-state index in [-0.39, 0.29) is 6.04 Å². The standard InChI is InChI=1S/C7H15N3O2/c1-3-5(4-2)9-6(11)7(12)10-8/h5H,3-4,8H2,1-2H3,(H,9,11)(H,10,12). The Labute approximate surface area is 71.7 Å². The molecule has 0 heterocycles. The molecule has 0 aliphatic rings. The van der Waals surface area contributed by atoms with Gasteiger partial charge in [0.05, 0.1) is 0 Å². The Hall–Kier alpha value is -1.10. The molecule has 0 rings (SSSR count). The Bertz CT molecular complexity index is 166. The van der Waals surface area contributed by atoms with Gasteiger partial charge < -0.3 is 5.32 Å². The number of amides is 2. The zero-order valence-electron chi connectivity index (χ0n) is 7.39. The molecule has 0 aliphatic heterocycles. The van der Waals surface area contributed by atoms with Gasteiger partial charge in [-0.25, -0.2) is 5.84 Å². The van der Waals surface area contributed by atoms with E-state index in [0.29, 0.717) is 0 Å². The Morgan fingerprint density at radius 2 is 1.75 bits per heavy atom. The minimum atomic E-state index is -0.804. The molecular formula is C7H15N3O2. The molecule has 0 unspecified atom stereocenters. The molecule has 0 aromatic heterocycles. The molecule has 4 N–H and O–H groups in total. The zero-order chi connectivity index (χ0) is 9.56. The van der Waals surface area contributed by atoms with Crippen LogP contribution in [0.1, 0.15) is 26.7 Å². The van der Waals surface area contributed by atoms with Crippen molar-refractivity contribution in [1.29, 1.82) is 0 Å². The summed E-state index contributed by atoms with van der Waals surface area (Å²) in [5.41, 5.74) is 1.77. The van der Waals surface area contributed by atoms with Crippen LogP contribution < -0.4 is 16.6 Å². The van der Waals surface area contributed by atoms with E-state index in [9.17, 15) is 9.59 Å². The summed E-state index contributed by atoms with van der Waals surface area (Å²) in [6.45, 7) is 3.88. The predicted molar refractivity (Wildman–Crippen MR) is 44.8 cm³/mol. The van der Waals surface area contributed by atoms with Crippen molar-refractivity contribution in [3.05, 3.63) is 0 Å². The second kappa shape index (κ2) is 5.54. The van der Waals surface area contributed by atoms with Crippen molar-refractivity contribution >= 4 is 11.8 Å². The molecule has 5 heteroatoms. The van der Waals surface area contributed by atoms with Crippen LogP contribution in [0.4, 0.5) is 0 Å². The van der Waals surface area contributed by atoms with E-state index in [1.807, 2.05) is 13.8 Å². The first-order valence-electron chi connectivity index (χ1n) is 3.97. The smallest absolute Gasteiger partial charge is 0.323 e. The van der Waals surface area contributed by atoms with E-state index in [4.69, 9.17) is 5.84 Å². The van der Waals surface area contributed by atoms with Crippen LogP contribution in [0.25, 0.3) is 0 Å². The molecule has 0 bridgehead atoms. The molecule has 0 radical (unpaired) electrons. The maximum absolute atomic E-state index is 10.9. The summed E-state index contributed by atoms with van der Waals surface area (Å²) >= 11 is 0. The van der Waals surface area contributed by atoms with Crippen LogP contribution >= 0.6 is 0 Å². The average Bonchev–Trinajstić information content (AvgIpc) is 2.12. The van der Waals surface area contributed by atoms with Gasteiger partial charge in [-0.3, -0.25) is 15.0 Å². The number of hydrogen-bond donors (Lipinski definition) is 3. The number of hydrazine groups is 1. The Morgan fingerprint density at radius 1 is 1.25 bits per heavy atom. The molecular weight excluding hydrogens is 158 g/mol. The van der Waals surface area contributed by atoms with Gasteiger partial charge in [0.2, 0.25) is 0 Å². The summed E-state index contributed by atoms with van der Waals surface area (Å²) in [5.74, 6) is 3.29. The second-order valence-electron chi connectivity index (χ2n) is 2.46. The normalized spacial score (nSPS) is 9.67. The topological polar surface area (TPSA) is 84.2 Å². The van der Waals surface area contributed by atoms with Crippen molar-refractivity contribution in [3.63, 3.8) is 0 Å². The van der Waals surface area contributed by atoms with E-state index in [1.165, 1.54) is 0 Å². The summed E-state index contributed by atoms with van der Waals surface area (Å²) in [7, 11) is 0. The third kappa shape index (κ3) is 3.34. The maximum Gasteiger partial charge on any atom is 0.323 e. The lowest BCUT2D eigenvalue weighted by atomic mass is 10.2. The van der Waals surface area contributed by atoms with Crippen molar-refractivity contribution in [3.8, 4) is 0 Å². The molecule has 5 nitrogen and oxygen atoms in total. The van der Waals surface area contributed by atoms with E-state index in [2.05, 4.69) is 5.32 Å². The van der Waals surface area contributed by atoms with Gasteiger partial charge in [0, 0.05) is 6.04 Å². The van der Waals surface area contributed by atoms with Crippen molar-refractivity contribution in [2.45, 2.75) is 32.7 Å². The van der Waals surface area contributed by atoms with E-state index in [1.54, 1.807) is 5.43 Å². The lowest BCUT2D eigenvalue weighted by Crippen LogP contribution is -2.46. The van der Waals surface area contributed by atoms with Crippen LogP contribution in [-0.4, -0.2) is 17.9 Å². The molecule has 0 saturated heterocycles. The maximum atomic E-state index is 10.9.